The second-order valence-corrected chi connectivity index (χ2v) is 8.25. The first kappa shape index (κ1) is 18.7. The predicted molar refractivity (Wildman–Crippen MR) is 113 cm³/mol. The topological polar surface area (TPSA) is 65.2 Å². The van der Waals surface area contributed by atoms with Gasteiger partial charge in [-0.15, -0.1) is 11.3 Å². The third kappa shape index (κ3) is 4.28. The molecule has 1 aromatic carbocycles. The van der Waals surface area contributed by atoms with Crippen molar-refractivity contribution in [3.05, 3.63) is 59.1 Å². The van der Waals surface area contributed by atoms with Crippen LogP contribution in [0, 0.1) is 5.92 Å². The van der Waals surface area contributed by atoms with Crippen LogP contribution in [0.15, 0.2) is 47.8 Å². The van der Waals surface area contributed by atoms with Gasteiger partial charge in [-0.1, -0.05) is 30.3 Å². The number of thiophene rings is 1. The van der Waals surface area contributed by atoms with E-state index in [2.05, 4.69) is 22.4 Å². The van der Waals surface area contributed by atoms with E-state index in [1.54, 1.807) is 11.3 Å². The average molecular weight is 396 g/mol. The van der Waals surface area contributed by atoms with Gasteiger partial charge in [-0.25, -0.2) is 0 Å². The van der Waals surface area contributed by atoms with E-state index in [-0.39, 0.29) is 17.7 Å². The Morgan fingerprint density at radius 2 is 1.93 bits per heavy atom. The van der Waals surface area contributed by atoms with Gasteiger partial charge in [0, 0.05) is 30.9 Å². The van der Waals surface area contributed by atoms with Gasteiger partial charge in [-0.3, -0.25) is 9.59 Å². The molecule has 1 aliphatic rings. The number of aryl methyl sites for hydroxylation is 1. The molecule has 1 saturated heterocycles. The van der Waals surface area contributed by atoms with Crippen molar-refractivity contribution in [2.45, 2.75) is 25.7 Å². The van der Waals surface area contributed by atoms with E-state index in [0.717, 1.165) is 35.9 Å². The highest BCUT2D eigenvalue weighted by Gasteiger charge is 2.28. The van der Waals surface area contributed by atoms with Gasteiger partial charge in [0.15, 0.2) is 0 Å². The summed E-state index contributed by atoms with van der Waals surface area (Å²) in [5.74, 6) is 0.165. The summed E-state index contributed by atoms with van der Waals surface area (Å²) in [6.45, 7) is 1.97. The molecule has 2 amide bonds. The first-order valence-electron chi connectivity index (χ1n) is 9.88. The molecule has 3 heterocycles. The standard InChI is InChI=1S/C22H25N3O2S/c26-20(23-11-4-7-16-5-2-1-3-6-16)17-8-12-25(13-9-17)22(27)19-15-18-10-14-28-21(18)24-19/h1-3,5-6,10,14-15,17,24H,4,7-9,11-13H2,(H,23,26). The number of nitrogens with one attached hydrogen (secondary N) is 2. The van der Waals surface area contributed by atoms with Crippen LogP contribution in [0.5, 0.6) is 0 Å². The number of carbonyl (C=O) groups is 2. The van der Waals surface area contributed by atoms with Gasteiger partial charge in [0.05, 0.1) is 0 Å². The molecule has 0 atom stereocenters. The third-order valence-electron chi connectivity index (χ3n) is 5.41. The summed E-state index contributed by atoms with van der Waals surface area (Å²) in [7, 11) is 0. The molecule has 1 fully saturated rings. The monoisotopic (exact) mass is 395 g/mol. The molecule has 0 radical (unpaired) electrons. The molecule has 0 unspecified atom stereocenters. The van der Waals surface area contributed by atoms with E-state index in [9.17, 15) is 9.59 Å². The van der Waals surface area contributed by atoms with Crippen molar-refractivity contribution < 1.29 is 9.59 Å². The largest absolute Gasteiger partial charge is 0.356 e. The van der Waals surface area contributed by atoms with Crippen LogP contribution in [0.1, 0.15) is 35.3 Å². The number of aromatic amines is 1. The van der Waals surface area contributed by atoms with Gasteiger partial charge < -0.3 is 15.2 Å². The Balaban J connectivity index is 1.20. The van der Waals surface area contributed by atoms with Gasteiger partial charge >= 0.3 is 0 Å². The van der Waals surface area contributed by atoms with Gasteiger partial charge in [-0.05, 0) is 48.8 Å². The second-order valence-electron chi connectivity index (χ2n) is 7.33. The van der Waals surface area contributed by atoms with Crippen molar-refractivity contribution >= 4 is 33.4 Å². The van der Waals surface area contributed by atoms with Crippen LogP contribution >= 0.6 is 11.3 Å². The van der Waals surface area contributed by atoms with Crippen molar-refractivity contribution in [3.63, 3.8) is 0 Å². The second kappa shape index (κ2) is 8.61. The minimum atomic E-state index is 0.00733. The number of amides is 2. The fourth-order valence-corrected chi connectivity index (χ4v) is 4.55. The fraction of sp³-hybridized carbons (Fsp3) is 0.364. The van der Waals surface area contributed by atoms with Gasteiger partial charge in [0.2, 0.25) is 5.91 Å². The Morgan fingerprint density at radius 1 is 1.14 bits per heavy atom. The SMILES string of the molecule is O=C(NCCCc1ccccc1)C1CCN(C(=O)c2cc3ccsc3[nH]2)CC1. The fourth-order valence-electron chi connectivity index (χ4n) is 3.77. The number of hydrogen-bond acceptors (Lipinski definition) is 3. The number of H-pyrrole nitrogens is 1. The molecule has 5 nitrogen and oxygen atoms in total. The Labute approximate surface area is 168 Å². The summed E-state index contributed by atoms with van der Waals surface area (Å²) in [5, 5.41) is 6.16. The normalized spacial score (nSPS) is 15.1. The molecular weight excluding hydrogens is 370 g/mol. The number of hydrogen-bond donors (Lipinski definition) is 2. The minimum Gasteiger partial charge on any atom is -0.356 e. The zero-order valence-electron chi connectivity index (χ0n) is 15.8. The van der Waals surface area contributed by atoms with E-state index in [1.807, 2.05) is 40.6 Å². The molecule has 0 spiro atoms. The summed E-state index contributed by atoms with van der Waals surface area (Å²) in [5.41, 5.74) is 1.94. The van der Waals surface area contributed by atoms with Crippen molar-refractivity contribution in [2.24, 2.45) is 5.92 Å². The number of carbonyl (C=O) groups excluding carboxylic acids is 2. The number of piperidine rings is 1. The lowest BCUT2D eigenvalue weighted by atomic mass is 9.95. The summed E-state index contributed by atoms with van der Waals surface area (Å²) in [6, 6.07) is 14.3. The summed E-state index contributed by atoms with van der Waals surface area (Å²) in [4.78, 5) is 31.2. The van der Waals surface area contributed by atoms with E-state index in [1.165, 1.54) is 5.56 Å². The predicted octanol–water partition coefficient (Wildman–Crippen LogP) is 3.83. The number of nitrogens with zero attached hydrogens (tertiary/aromatic N) is 1. The average Bonchev–Trinajstić information content (AvgIpc) is 3.34. The maximum absolute atomic E-state index is 12.7. The minimum absolute atomic E-state index is 0.00733. The maximum Gasteiger partial charge on any atom is 0.270 e. The van der Waals surface area contributed by atoms with Gasteiger partial charge in [-0.2, -0.15) is 0 Å². The molecule has 0 bridgehead atoms. The lowest BCUT2D eigenvalue weighted by molar-refractivity contribution is -0.126. The van der Waals surface area contributed by atoms with Gasteiger partial charge in [0.25, 0.3) is 5.91 Å². The summed E-state index contributed by atoms with van der Waals surface area (Å²) in [6.07, 6.45) is 3.37. The number of fused-ring (bicyclic) bond motifs is 1. The Kier molecular flexibility index (Phi) is 5.76. The van der Waals surface area contributed by atoms with Crippen LogP contribution in [0.4, 0.5) is 0 Å². The quantitative estimate of drug-likeness (QED) is 0.623. The molecule has 6 heteroatoms. The molecule has 0 saturated carbocycles. The molecule has 3 aromatic rings. The van der Waals surface area contributed by atoms with Crippen molar-refractivity contribution in [3.8, 4) is 0 Å². The Hall–Kier alpha value is -2.60. The van der Waals surface area contributed by atoms with Crippen LogP contribution in [0.2, 0.25) is 0 Å². The molecule has 2 aromatic heterocycles. The van der Waals surface area contributed by atoms with E-state index in [4.69, 9.17) is 0 Å². The van der Waals surface area contributed by atoms with Crippen molar-refractivity contribution in [2.75, 3.05) is 19.6 Å². The van der Waals surface area contributed by atoms with Crippen LogP contribution in [-0.2, 0) is 11.2 Å². The smallest absolute Gasteiger partial charge is 0.270 e. The lowest BCUT2D eigenvalue weighted by Crippen LogP contribution is -2.43. The molecule has 4 rings (SSSR count). The molecule has 28 heavy (non-hydrogen) atoms. The summed E-state index contributed by atoms with van der Waals surface area (Å²) < 4.78 is 0. The third-order valence-corrected chi connectivity index (χ3v) is 6.26. The molecular formula is C22H25N3O2S. The first-order chi connectivity index (χ1) is 13.7. The summed E-state index contributed by atoms with van der Waals surface area (Å²) >= 11 is 1.61. The number of aromatic nitrogens is 1. The number of likely N-dealkylation sites (tertiary alicyclic amines) is 1. The van der Waals surface area contributed by atoms with Crippen LogP contribution < -0.4 is 5.32 Å². The zero-order chi connectivity index (χ0) is 19.3. The van der Waals surface area contributed by atoms with Crippen LogP contribution in [-0.4, -0.2) is 41.3 Å². The highest BCUT2D eigenvalue weighted by molar-refractivity contribution is 7.16. The van der Waals surface area contributed by atoms with Crippen LogP contribution in [0.3, 0.4) is 0 Å². The number of benzene rings is 1. The van der Waals surface area contributed by atoms with Gasteiger partial charge in [0.1, 0.15) is 10.5 Å². The Bertz CT molecular complexity index is 911. The van der Waals surface area contributed by atoms with E-state index >= 15 is 0 Å². The van der Waals surface area contributed by atoms with E-state index < -0.39 is 0 Å². The molecule has 0 aliphatic carbocycles. The maximum atomic E-state index is 12.7. The Morgan fingerprint density at radius 3 is 2.68 bits per heavy atom. The van der Waals surface area contributed by atoms with Crippen LogP contribution in [0.25, 0.3) is 10.2 Å². The molecule has 146 valence electrons. The zero-order valence-corrected chi connectivity index (χ0v) is 16.6. The lowest BCUT2D eigenvalue weighted by Gasteiger charge is -2.31. The van der Waals surface area contributed by atoms with E-state index in [0.29, 0.717) is 25.3 Å². The number of rotatable bonds is 6. The van der Waals surface area contributed by atoms with Crippen molar-refractivity contribution in [1.82, 2.24) is 15.2 Å². The first-order valence-corrected chi connectivity index (χ1v) is 10.8. The highest BCUT2D eigenvalue weighted by Crippen LogP contribution is 2.24. The molecule has 1 aliphatic heterocycles. The van der Waals surface area contributed by atoms with Crippen molar-refractivity contribution in [1.29, 1.82) is 0 Å². The molecule has 2 N–H and O–H groups in total. The highest BCUT2D eigenvalue weighted by atomic mass is 32.1.